The number of H-pyrrole nitrogens is 1. The second-order valence-corrected chi connectivity index (χ2v) is 3.73. The van der Waals surface area contributed by atoms with E-state index in [0.717, 1.165) is 5.69 Å². The highest BCUT2D eigenvalue weighted by molar-refractivity contribution is 5.92. The Bertz CT molecular complexity index is 536. The second-order valence-electron chi connectivity index (χ2n) is 3.73. The van der Waals surface area contributed by atoms with E-state index < -0.39 is 0 Å². The van der Waals surface area contributed by atoms with E-state index in [9.17, 15) is 9.18 Å². The molecule has 2 rings (SSSR count). The second kappa shape index (κ2) is 4.78. The van der Waals surface area contributed by atoms with E-state index in [0.29, 0.717) is 11.3 Å². The Hall–Kier alpha value is -2.17. The fourth-order valence-electron chi connectivity index (χ4n) is 1.49. The molecule has 2 aromatic rings. The van der Waals surface area contributed by atoms with Gasteiger partial charge in [-0.05, 0) is 18.6 Å². The van der Waals surface area contributed by atoms with Crippen LogP contribution in [-0.2, 0) is 11.2 Å². The quantitative estimate of drug-likeness (QED) is 0.852. The van der Waals surface area contributed by atoms with Crippen molar-refractivity contribution in [3.63, 3.8) is 0 Å². The molecule has 88 valence electrons. The number of amides is 1. The van der Waals surface area contributed by atoms with E-state index >= 15 is 0 Å². The smallest absolute Gasteiger partial charge is 0.228 e. The number of nitrogens with zero attached hydrogens (tertiary/aromatic N) is 1. The summed E-state index contributed by atoms with van der Waals surface area (Å²) in [6.07, 6.45) is 1.53. The van der Waals surface area contributed by atoms with Gasteiger partial charge in [-0.1, -0.05) is 18.2 Å². The van der Waals surface area contributed by atoms with Gasteiger partial charge in [-0.15, -0.1) is 0 Å². The molecule has 5 heteroatoms. The molecule has 1 amide bonds. The molecule has 0 aliphatic heterocycles. The average molecular weight is 233 g/mol. The number of halogens is 1. The molecule has 0 aliphatic rings. The SMILES string of the molecule is Cc1[nH]ncc1NC(=O)Cc1ccccc1F. The van der Waals surface area contributed by atoms with E-state index in [1.54, 1.807) is 25.1 Å². The van der Waals surface area contributed by atoms with Gasteiger partial charge in [-0.3, -0.25) is 9.89 Å². The number of nitrogens with one attached hydrogen (secondary N) is 2. The molecule has 0 bridgehead atoms. The van der Waals surface area contributed by atoms with Crippen molar-refractivity contribution in [3.8, 4) is 0 Å². The van der Waals surface area contributed by atoms with E-state index in [4.69, 9.17) is 0 Å². The van der Waals surface area contributed by atoms with Crippen molar-refractivity contribution < 1.29 is 9.18 Å². The molecule has 1 aromatic heterocycles. The number of aryl methyl sites for hydroxylation is 1. The fraction of sp³-hybridized carbons (Fsp3) is 0.167. The number of aromatic amines is 1. The molecule has 0 atom stereocenters. The summed E-state index contributed by atoms with van der Waals surface area (Å²) >= 11 is 0. The molecule has 2 N–H and O–H groups in total. The maximum Gasteiger partial charge on any atom is 0.228 e. The number of hydrogen-bond donors (Lipinski definition) is 2. The van der Waals surface area contributed by atoms with Crippen LogP contribution in [-0.4, -0.2) is 16.1 Å². The molecule has 17 heavy (non-hydrogen) atoms. The highest BCUT2D eigenvalue weighted by Gasteiger charge is 2.09. The minimum Gasteiger partial charge on any atom is -0.323 e. The van der Waals surface area contributed by atoms with Gasteiger partial charge in [-0.25, -0.2) is 4.39 Å². The fourth-order valence-corrected chi connectivity index (χ4v) is 1.49. The van der Waals surface area contributed by atoms with Gasteiger partial charge in [0, 0.05) is 0 Å². The molecule has 0 saturated heterocycles. The molecular formula is C12H12FN3O. The summed E-state index contributed by atoms with van der Waals surface area (Å²) in [5.41, 5.74) is 1.77. The van der Waals surface area contributed by atoms with E-state index in [2.05, 4.69) is 15.5 Å². The lowest BCUT2D eigenvalue weighted by molar-refractivity contribution is -0.115. The van der Waals surface area contributed by atoms with Crippen LogP contribution in [0.5, 0.6) is 0 Å². The Kier molecular flexibility index (Phi) is 3.18. The van der Waals surface area contributed by atoms with Gasteiger partial charge in [0.2, 0.25) is 5.91 Å². The van der Waals surface area contributed by atoms with Crippen molar-refractivity contribution in [2.24, 2.45) is 0 Å². The monoisotopic (exact) mass is 233 g/mol. The summed E-state index contributed by atoms with van der Waals surface area (Å²) < 4.78 is 13.3. The van der Waals surface area contributed by atoms with Crippen LogP contribution in [0, 0.1) is 12.7 Å². The van der Waals surface area contributed by atoms with Crippen molar-refractivity contribution in [3.05, 3.63) is 47.5 Å². The minimum absolute atomic E-state index is 0.0112. The summed E-state index contributed by atoms with van der Waals surface area (Å²) in [7, 11) is 0. The van der Waals surface area contributed by atoms with E-state index in [1.165, 1.54) is 12.3 Å². The topological polar surface area (TPSA) is 57.8 Å². The van der Waals surface area contributed by atoms with Crippen molar-refractivity contribution in [2.45, 2.75) is 13.3 Å². The first kappa shape index (κ1) is 11.3. The van der Waals surface area contributed by atoms with Gasteiger partial charge in [-0.2, -0.15) is 5.10 Å². The van der Waals surface area contributed by atoms with Crippen molar-refractivity contribution in [1.82, 2.24) is 10.2 Å². The third kappa shape index (κ3) is 2.69. The molecule has 0 aliphatic carbocycles. The van der Waals surface area contributed by atoms with Crippen LogP contribution in [0.3, 0.4) is 0 Å². The Morgan fingerprint density at radius 3 is 2.88 bits per heavy atom. The zero-order chi connectivity index (χ0) is 12.3. The lowest BCUT2D eigenvalue weighted by atomic mass is 10.1. The highest BCUT2D eigenvalue weighted by Crippen LogP contribution is 2.12. The van der Waals surface area contributed by atoms with Gasteiger partial charge >= 0.3 is 0 Å². The number of benzene rings is 1. The lowest BCUT2D eigenvalue weighted by Gasteiger charge is -2.04. The molecule has 0 unspecified atom stereocenters. The van der Waals surface area contributed by atoms with Gasteiger partial charge in [0.05, 0.1) is 24.0 Å². The van der Waals surface area contributed by atoms with Crippen molar-refractivity contribution in [1.29, 1.82) is 0 Å². The lowest BCUT2D eigenvalue weighted by Crippen LogP contribution is -2.15. The molecular weight excluding hydrogens is 221 g/mol. The standard InChI is InChI=1S/C12H12FN3O/c1-8-11(7-14-16-8)15-12(17)6-9-4-2-3-5-10(9)13/h2-5,7H,6H2,1H3,(H,14,16)(H,15,17). The number of carbonyl (C=O) groups excluding carboxylic acids is 1. The van der Waals surface area contributed by atoms with Crippen LogP contribution >= 0.6 is 0 Å². The molecule has 0 fully saturated rings. The molecule has 1 heterocycles. The molecule has 0 radical (unpaired) electrons. The Morgan fingerprint density at radius 2 is 2.24 bits per heavy atom. The molecule has 0 spiro atoms. The molecule has 4 nitrogen and oxygen atoms in total. The van der Waals surface area contributed by atoms with Crippen LogP contribution in [0.25, 0.3) is 0 Å². The van der Waals surface area contributed by atoms with Crippen LogP contribution in [0.1, 0.15) is 11.3 Å². The van der Waals surface area contributed by atoms with E-state index in [-0.39, 0.29) is 18.1 Å². The summed E-state index contributed by atoms with van der Waals surface area (Å²) in [5, 5.41) is 9.16. The van der Waals surface area contributed by atoms with Gasteiger partial charge in [0.15, 0.2) is 0 Å². The first-order chi connectivity index (χ1) is 8.16. The first-order valence-corrected chi connectivity index (χ1v) is 5.20. The summed E-state index contributed by atoms with van der Waals surface area (Å²) in [4.78, 5) is 11.7. The van der Waals surface area contributed by atoms with Crippen LogP contribution in [0.15, 0.2) is 30.5 Å². The summed E-state index contributed by atoms with van der Waals surface area (Å²) in [6, 6.07) is 6.23. The third-order valence-electron chi connectivity index (χ3n) is 2.41. The first-order valence-electron chi connectivity index (χ1n) is 5.20. The molecule has 0 saturated carbocycles. The number of hydrogen-bond acceptors (Lipinski definition) is 2. The summed E-state index contributed by atoms with van der Waals surface area (Å²) in [5.74, 6) is -0.633. The van der Waals surface area contributed by atoms with Crippen LogP contribution in [0.4, 0.5) is 10.1 Å². The normalized spacial score (nSPS) is 10.2. The van der Waals surface area contributed by atoms with Gasteiger partial charge in [0.1, 0.15) is 5.82 Å². The number of rotatable bonds is 3. The number of carbonyl (C=O) groups is 1. The maximum absolute atomic E-state index is 13.3. The van der Waals surface area contributed by atoms with Gasteiger partial charge in [0.25, 0.3) is 0 Å². The average Bonchev–Trinajstić information content (AvgIpc) is 2.68. The van der Waals surface area contributed by atoms with Crippen LogP contribution in [0.2, 0.25) is 0 Å². The molecule has 1 aromatic carbocycles. The number of aromatic nitrogens is 2. The third-order valence-corrected chi connectivity index (χ3v) is 2.41. The summed E-state index contributed by atoms with van der Waals surface area (Å²) in [6.45, 7) is 1.80. The largest absolute Gasteiger partial charge is 0.323 e. The van der Waals surface area contributed by atoms with Gasteiger partial charge < -0.3 is 5.32 Å². The van der Waals surface area contributed by atoms with Crippen LogP contribution < -0.4 is 5.32 Å². The predicted molar refractivity (Wildman–Crippen MR) is 62.1 cm³/mol. The number of anilines is 1. The maximum atomic E-state index is 13.3. The highest BCUT2D eigenvalue weighted by atomic mass is 19.1. The van der Waals surface area contributed by atoms with E-state index in [1.807, 2.05) is 0 Å². The Morgan fingerprint density at radius 1 is 1.47 bits per heavy atom. The van der Waals surface area contributed by atoms with Crippen molar-refractivity contribution >= 4 is 11.6 Å². The zero-order valence-corrected chi connectivity index (χ0v) is 9.33. The Balaban J connectivity index is 2.03. The zero-order valence-electron chi connectivity index (χ0n) is 9.33. The minimum atomic E-state index is -0.369. The van der Waals surface area contributed by atoms with Crippen molar-refractivity contribution in [2.75, 3.05) is 5.32 Å². The predicted octanol–water partition coefficient (Wildman–Crippen LogP) is 2.04. The Labute approximate surface area is 97.9 Å².